The van der Waals surface area contributed by atoms with Gasteiger partial charge in [-0.2, -0.15) is 0 Å². The van der Waals surface area contributed by atoms with Crippen molar-refractivity contribution in [3.8, 4) is 0 Å². The average Bonchev–Trinajstić information content (AvgIpc) is 2.76. The lowest BCUT2D eigenvalue weighted by Gasteiger charge is -2.40. The highest BCUT2D eigenvalue weighted by Gasteiger charge is 2.37. The van der Waals surface area contributed by atoms with Gasteiger partial charge in [-0.15, -0.1) is 0 Å². The number of aromatic amines is 1. The number of nitrogens with one attached hydrogen (secondary N) is 2. The number of carbonyl (C=O) groups excluding carboxylic acids is 1. The quantitative estimate of drug-likeness (QED) is 0.801. The molecule has 0 saturated heterocycles. The van der Waals surface area contributed by atoms with Gasteiger partial charge in [-0.05, 0) is 25.3 Å². The fraction of sp³-hybridized carbons (Fsp3) is 0.545. The first kappa shape index (κ1) is 14.4. The first-order chi connectivity index (χ1) is 8.86. The Hall–Kier alpha value is -1.05. The first-order valence-corrected chi connectivity index (χ1v) is 8.14. The molecule has 1 amide bonds. The van der Waals surface area contributed by atoms with Gasteiger partial charge in [-0.3, -0.25) is 4.79 Å². The molecule has 0 spiro atoms. The minimum absolute atomic E-state index is 0.121. The minimum atomic E-state index is -3.82. The highest BCUT2D eigenvalue weighted by molar-refractivity contribution is 8.13. The van der Waals surface area contributed by atoms with Gasteiger partial charge in [-0.25, -0.2) is 8.42 Å². The number of H-pyrrole nitrogens is 1. The van der Waals surface area contributed by atoms with E-state index in [4.69, 9.17) is 15.4 Å². The molecule has 1 aliphatic rings. The number of hydrogen-bond donors (Lipinski definition) is 2. The predicted octanol–water partition coefficient (Wildman–Crippen LogP) is 1.24. The molecular weight excluding hydrogens is 292 g/mol. The molecule has 0 radical (unpaired) electrons. The lowest BCUT2D eigenvalue weighted by atomic mass is 9.80. The zero-order chi connectivity index (χ0) is 14.1. The Kier molecular flexibility index (Phi) is 3.89. The molecule has 1 saturated carbocycles. The van der Waals surface area contributed by atoms with Crippen LogP contribution in [-0.4, -0.2) is 38.6 Å². The number of halogens is 1. The fourth-order valence-electron chi connectivity index (χ4n) is 2.01. The number of hydrogen-bond acceptors (Lipinski definition) is 4. The van der Waals surface area contributed by atoms with Crippen LogP contribution in [0.15, 0.2) is 17.2 Å². The number of ether oxygens (including phenoxy) is 1. The smallest absolute Gasteiger partial charge is 0.267 e. The summed E-state index contributed by atoms with van der Waals surface area (Å²) in [6.07, 6.45) is 4.10. The molecule has 0 unspecified atom stereocenters. The molecule has 19 heavy (non-hydrogen) atoms. The standard InChI is InChI=1S/C11H15ClN2O4S/c1-18-11(3-2-4-11)7-14-10(15)9-5-8(6-13-9)19(12,16)17/h5-6,13H,2-4,7H2,1H3,(H,14,15). The lowest BCUT2D eigenvalue weighted by molar-refractivity contribution is -0.0679. The van der Waals surface area contributed by atoms with Gasteiger partial charge in [0, 0.05) is 30.5 Å². The van der Waals surface area contributed by atoms with Crippen molar-refractivity contribution in [3.63, 3.8) is 0 Å². The van der Waals surface area contributed by atoms with E-state index in [-0.39, 0.29) is 22.1 Å². The van der Waals surface area contributed by atoms with Crippen LogP contribution < -0.4 is 5.32 Å². The van der Waals surface area contributed by atoms with Crippen molar-refractivity contribution in [2.45, 2.75) is 29.8 Å². The van der Waals surface area contributed by atoms with Gasteiger partial charge >= 0.3 is 0 Å². The maximum atomic E-state index is 11.9. The molecule has 106 valence electrons. The van der Waals surface area contributed by atoms with Crippen LogP contribution >= 0.6 is 10.7 Å². The number of carbonyl (C=O) groups is 1. The predicted molar refractivity (Wildman–Crippen MR) is 69.8 cm³/mol. The number of aromatic nitrogens is 1. The molecular formula is C11H15ClN2O4S. The summed E-state index contributed by atoms with van der Waals surface area (Å²) in [5.74, 6) is -0.380. The molecule has 1 aromatic heterocycles. The molecule has 1 aromatic rings. The Morgan fingerprint density at radius 3 is 2.68 bits per heavy atom. The first-order valence-electron chi connectivity index (χ1n) is 5.83. The zero-order valence-electron chi connectivity index (χ0n) is 10.4. The van der Waals surface area contributed by atoms with Crippen LogP contribution in [0.25, 0.3) is 0 Å². The van der Waals surface area contributed by atoms with Gasteiger partial charge < -0.3 is 15.0 Å². The summed E-state index contributed by atoms with van der Waals surface area (Å²) >= 11 is 0. The normalized spacial score (nSPS) is 17.8. The van der Waals surface area contributed by atoms with Crippen LogP contribution in [0, 0.1) is 0 Å². The van der Waals surface area contributed by atoms with Crippen molar-refractivity contribution < 1.29 is 17.9 Å². The second-order valence-corrected chi connectivity index (χ2v) is 7.18. The minimum Gasteiger partial charge on any atom is -0.376 e. The van der Waals surface area contributed by atoms with E-state index in [9.17, 15) is 13.2 Å². The van der Waals surface area contributed by atoms with Crippen LogP contribution in [0.1, 0.15) is 29.8 Å². The van der Waals surface area contributed by atoms with Gasteiger partial charge in [0.25, 0.3) is 15.0 Å². The molecule has 2 rings (SSSR count). The van der Waals surface area contributed by atoms with Gasteiger partial charge in [0.2, 0.25) is 0 Å². The second kappa shape index (κ2) is 5.15. The fourth-order valence-corrected chi connectivity index (χ4v) is 2.73. The Bertz CT molecular complexity index is 572. The van der Waals surface area contributed by atoms with Crippen LogP contribution in [0.4, 0.5) is 0 Å². The molecule has 6 nitrogen and oxygen atoms in total. The Morgan fingerprint density at radius 1 is 1.58 bits per heavy atom. The van der Waals surface area contributed by atoms with Crippen LogP contribution in [-0.2, 0) is 13.8 Å². The highest BCUT2D eigenvalue weighted by Crippen LogP contribution is 2.34. The zero-order valence-corrected chi connectivity index (χ0v) is 12.0. The van der Waals surface area contributed by atoms with E-state index < -0.39 is 9.05 Å². The maximum absolute atomic E-state index is 11.9. The summed E-state index contributed by atoms with van der Waals surface area (Å²) in [7, 11) is 2.98. The lowest BCUT2D eigenvalue weighted by Crippen LogP contribution is -2.49. The molecule has 1 fully saturated rings. The summed E-state index contributed by atoms with van der Waals surface area (Å²) in [5, 5.41) is 2.72. The summed E-state index contributed by atoms with van der Waals surface area (Å²) in [5.41, 5.74) is -0.117. The Labute approximate surface area is 115 Å². The topological polar surface area (TPSA) is 88.3 Å². The van der Waals surface area contributed by atoms with Crippen molar-refractivity contribution in [2.24, 2.45) is 0 Å². The molecule has 8 heteroatoms. The van der Waals surface area contributed by atoms with Gasteiger partial charge in [-0.1, -0.05) is 0 Å². The van der Waals surface area contributed by atoms with Crippen LogP contribution in [0.5, 0.6) is 0 Å². The Morgan fingerprint density at radius 2 is 2.26 bits per heavy atom. The largest absolute Gasteiger partial charge is 0.376 e. The maximum Gasteiger partial charge on any atom is 0.267 e. The molecule has 0 aromatic carbocycles. The SMILES string of the molecule is COC1(CNC(=O)c2cc(S(=O)(=O)Cl)c[nH]2)CCC1. The van der Waals surface area contributed by atoms with Crippen LogP contribution in [0.3, 0.4) is 0 Å². The third-order valence-electron chi connectivity index (χ3n) is 3.45. The monoisotopic (exact) mass is 306 g/mol. The molecule has 1 heterocycles. The van der Waals surface area contributed by atoms with E-state index in [1.807, 2.05) is 0 Å². The highest BCUT2D eigenvalue weighted by atomic mass is 35.7. The van der Waals surface area contributed by atoms with E-state index >= 15 is 0 Å². The molecule has 2 N–H and O–H groups in total. The van der Waals surface area contributed by atoms with Crippen molar-refractivity contribution in [2.75, 3.05) is 13.7 Å². The summed E-state index contributed by atoms with van der Waals surface area (Å²) < 4.78 is 27.5. The Balaban J connectivity index is 1.99. The molecule has 0 atom stereocenters. The van der Waals surface area contributed by atoms with Crippen molar-refractivity contribution >= 4 is 25.6 Å². The van der Waals surface area contributed by atoms with E-state index in [0.29, 0.717) is 6.54 Å². The summed E-state index contributed by atoms with van der Waals surface area (Å²) in [4.78, 5) is 14.3. The van der Waals surface area contributed by atoms with Crippen LogP contribution in [0.2, 0.25) is 0 Å². The number of methoxy groups -OCH3 is 1. The van der Waals surface area contributed by atoms with Crippen molar-refractivity contribution in [3.05, 3.63) is 18.0 Å². The van der Waals surface area contributed by atoms with Crippen molar-refractivity contribution in [1.29, 1.82) is 0 Å². The van der Waals surface area contributed by atoms with Gasteiger partial charge in [0.05, 0.1) is 5.60 Å². The van der Waals surface area contributed by atoms with Gasteiger partial charge in [0.15, 0.2) is 0 Å². The molecule has 0 aliphatic heterocycles. The number of rotatable bonds is 5. The van der Waals surface area contributed by atoms with E-state index in [1.54, 1.807) is 7.11 Å². The average molecular weight is 307 g/mol. The molecule has 0 bridgehead atoms. The van der Waals surface area contributed by atoms with E-state index in [2.05, 4.69) is 10.3 Å². The summed E-state index contributed by atoms with van der Waals surface area (Å²) in [6.45, 7) is 0.407. The van der Waals surface area contributed by atoms with E-state index in [1.165, 1.54) is 12.3 Å². The van der Waals surface area contributed by atoms with Gasteiger partial charge in [0.1, 0.15) is 10.6 Å². The third-order valence-corrected chi connectivity index (χ3v) is 4.78. The third kappa shape index (κ3) is 3.10. The number of amides is 1. The summed E-state index contributed by atoms with van der Waals surface area (Å²) in [6, 6.07) is 1.21. The van der Waals surface area contributed by atoms with E-state index in [0.717, 1.165) is 19.3 Å². The molecule has 1 aliphatic carbocycles. The van der Waals surface area contributed by atoms with Crippen molar-refractivity contribution in [1.82, 2.24) is 10.3 Å². The second-order valence-electron chi connectivity index (χ2n) is 4.61.